The molecule has 0 spiro atoms. The first-order valence-corrected chi connectivity index (χ1v) is 16.3. The lowest BCUT2D eigenvalue weighted by molar-refractivity contribution is -0.134. The Morgan fingerprint density at radius 2 is 1.46 bits per heavy atom. The van der Waals surface area contributed by atoms with Crippen molar-refractivity contribution in [3.63, 3.8) is 0 Å². The van der Waals surface area contributed by atoms with Gasteiger partial charge >= 0.3 is 0 Å². The van der Waals surface area contributed by atoms with Crippen LogP contribution >= 0.6 is 0 Å². The van der Waals surface area contributed by atoms with Crippen LogP contribution < -0.4 is 5.56 Å². The quantitative estimate of drug-likeness (QED) is 0.146. The third kappa shape index (κ3) is 9.02. The second-order valence-electron chi connectivity index (χ2n) is 11.7. The lowest BCUT2D eigenvalue weighted by Crippen LogP contribution is -2.39. The maximum atomic E-state index is 14.0. The predicted molar refractivity (Wildman–Crippen MR) is 173 cm³/mol. The first kappa shape index (κ1) is 32.6. The minimum absolute atomic E-state index is 0.0785. The molecule has 0 aliphatic carbocycles. The van der Waals surface area contributed by atoms with Gasteiger partial charge in [0.1, 0.15) is 5.82 Å². The van der Waals surface area contributed by atoms with E-state index in [1.807, 2.05) is 48.2 Å². The molecule has 1 amide bonds. The van der Waals surface area contributed by atoms with Gasteiger partial charge in [0.2, 0.25) is 5.91 Å². The number of aromatic nitrogens is 2. The number of hydrogen-bond donors (Lipinski definition) is 0. The van der Waals surface area contributed by atoms with E-state index in [2.05, 4.69) is 33.8 Å². The van der Waals surface area contributed by atoms with E-state index in [9.17, 15) is 9.59 Å². The van der Waals surface area contributed by atoms with Crippen molar-refractivity contribution in [1.82, 2.24) is 14.5 Å². The van der Waals surface area contributed by atoms with Crippen molar-refractivity contribution < 1.29 is 4.79 Å². The van der Waals surface area contributed by atoms with Gasteiger partial charge in [-0.15, -0.1) is 0 Å². The Kier molecular flexibility index (Phi) is 13.6. The second kappa shape index (κ2) is 17.1. The van der Waals surface area contributed by atoms with Crippen molar-refractivity contribution in [3.8, 4) is 5.69 Å². The predicted octanol–water partition coefficient (Wildman–Crippen LogP) is 9.39. The summed E-state index contributed by atoms with van der Waals surface area (Å²) in [6.07, 6.45) is 16.0. The van der Waals surface area contributed by atoms with E-state index in [0.717, 1.165) is 36.1 Å². The Labute approximate surface area is 248 Å². The van der Waals surface area contributed by atoms with Crippen LogP contribution in [0.2, 0.25) is 0 Å². The van der Waals surface area contributed by atoms with Gasteiger partial charge in [-0.1, -0.05) is 115 Å². The zero-order valence-corrected chi connectivity index (χ0v) is 26.4. The number of aryl methyl sites for hydroxylation is 2. The van der Waals surface area contributed by atoms with Crippen molar-refractivity contribution in [1.29, 1.82) is 0 Å². The highest BCUT2D eigenvalue weighted by atomic mass is 16.2. The number of carbonyl (C=O) groups is 1. The summed E-state index contributed by atoms with van der Waals surface area (Å²) >= 11 is 0. The van der Waals surface area contributed by atoms with Gasteiger partial charge in [0.25, 0.3) is 5.56 Å². The van der Waals surface area contributed by atoms with Gasteiger partial charge in [0.15, 0.2) is 0 Å². The van der Waals surface area contributed by atoms with Crippen LogP contribution in [-0.2, 0) is 4.79 Å². The summed E-state index contributed by atoms with van der Waals surface area (Å²) in [6, 6.07) is 13.4. The maximum Gasteiger partial charge on any atom is 0.266 e. The molecular formula is C36H53N3O2. The van der Waals surface area contributed by atoms with E-state index in [1.54, 1.807) is 4.57 Å². The highest BCUT2D eigenvalue weighted by Gasteiger charge is 2.28. The SMILES string of the molecule is CCCCCCCCCCCCCC(=O)N(CCC)C(CC)c1nc2ccccc2c(=O)n1-c1ccc(C)cc1C. The molecule has 0 saturated heterocycles. The van der Waals surface area contributed by atoms with E-state index in [-0.39, 0.29) is 17.5 Å². The highest BCUT2D eigenvalue weighted by Crippen LogP contribution is 2.28. The Bertz CT molecular complexity index is 1300. The number of hydrogen-bond acceptors (Lipinski definition) is 3. The molecule has 5 heteroatoms. The zero-order chi connectivity index (χ0) is 29.6. The first-order chi connectivity index (χ1) is 19.9. The standard InChI is InChI=1S/C36H53N3O2/c1-6-9-10-11-12-13-14-15-16-17-18-23-34(40)38(26-7-2)32(8-3)35-37-31-22-20-19-21-30(31)36(41)39(35)33-25-24-28(4)27-29(33)5/h19-22,24-25,27,32H,6-18,23,26H2,1-5H3. The van der Waals surface area contributed by atoms with Crippen LogP contribution in [-0.4, -0.2) is 26.9 Å². The third-order valence-electron chi connectivity index (χ3n) is 8.23. The van der Waals surface area contributed by atoms with Gasteiger partial charge in [-0.25, -0.2) is 4.98 Å². The number of nitrogens with zero attached hydrogens (tertiary/aromatic N) is 3. The number of fused-ring (bicyclic) bond motifs is 1. The second-order valence-corrected chi connectivity index (χ2v) is 11.7. The molecule has 0 aliphatic rings. The molecule has 3 aromatic rings. The molecule has 1 atom stereocenters. The molecule has 0 saturated carbocycles. The molecule has 0 bridgehead atoms. The summed E-state index contributed by atoms with van der Waals surface area (Å²) in [5, 5.41) is 0.598. The van der Waals surface area contributed by atoms with Crippen LogP contribution in [0.3, 0.4) is 0 Å². The van der Waals surface area contributed by atoms with Crippen molar-refractivity contribution in [2.45, 2.75) is 131 Å². The van der Waals surface area contributed by atoms with E-state index in [1.165, 1.54) is 57.8 Å². The molecule has 1 aromatic heterocycles. The number of unbranched alkanes of at least 4 members (excludes halogenated alkanes) is 10. The average molecular weight is 560 g/mol. The van der Waals surface area contributed by atoms with Gasteiger partial charge in [-0.05, 0) is 56.9 Å². The largest absolute Gasteiger partial charge is 0.333 e. The molecule has 1 heterocycles. The summed E-state index contributed by atoms with van der Waals surface area (Å²) < 4.78 is 1.77. The number of carbonyl (C=O) groups excluding carboxylic acids is 1. The van der Waals surface area contributed by atoms with E-state index in [4.69, 9.17) is 4.98 Å². The van der Waals surface area contributed by atoms with Gasteiger partial charge < -0.3 is 4.90 Å². The van der Waals surface area contributed by atoms with Crippen LogP contribution in [0.1, 0.15) is 134 Å². The normalized spacial score (nSPS) is 12.1. The number of benzene rings is 2. The molecule has 0 N–H and O–H groups in total. The topological polar surface area (TPSA) is 55.2 Å². The molecule has 0 aliphatic heterocycles. The van der Waals surface area contributed by atoms with Crippen LogP contribution in [0.25, 0.3) is 16.6 Å². The molecular weight excluding hydrogens is 506 g/mol. The Morgan fingerprint density at radius 1 is 0.829 bits per heavy atom. The first-order valence-electron chi connectivity index (χ1n) is 16.3. The monoisotopic (exact) mass is 559 g/mol. The Balaban J connectivity index is 1.77. The minimum Gasteiger partial charge on any atom is -0.333 e. The smallest absolute Gasteiger partial charge is 0.266 e. The Morgan fingerprint density at radius 3 is 2.07 bits per heavy atom. The molecule has 224 valence electrons. The average Bonchev–Trinajstić information content (AvgIpc) is 2.96. The zero-order valence-electron chi connectivity index (χ0n) is 26.4. The summed E-state index contributed by atoms with van der Waals surface area (Å²) in [7, 11) is 0. The molecule has 0 fully saturated rings. The highest BCUT2D eigenvalue weighted by molar-refractivity contribution is 5.79. The van der Waals surface area contributed by atoms with Gasteiger partial charge in [-0.3, -0.25) is 14.2 Å². The fraction of sp³-hybridized carbons (Fsp3) is 0.583. The molecule has 1 unspecified atom stereocenters. The lowest BCUT2D eigenvalue weighted by Gasteiger charge is -2.32. The fourth-order valence-electron chi connectivity index (χ4n) is 5.98. The molecule has 0 radical (unpaired) electrons. The molecule has 41 heavy (non-hydrogen) atoms. The third-order valence-corrected chi connectivity index (χ3v) is 8.23. The molecule has 2 aromatic carbocycles. The van der Waals surface area contributed by atoms with Gasteiger partial charge in [0, 0.05) is 13.0 Å². The van der Waals surface area contributed by atoms with Crippen molar-refractivity contribution in [3.05, 3.63) is 69.8 Å². The van der Waals surface area contributed by atoms with Crippen molar-refractivity contribution >= 4 is 16.8 Å². The summed E-state index contributed by atoms with van der Waals surface area (Å²) in [5.41, 5.74) is 3.61. The fourth-order valence-corrected chi connectivity index (χ4v) is 5.98. The summed E-state index contributed by atoms with van der Waals surface area (Å²) in [4.78, 5) is 34.7. The minimum atomic E-state index is -0.270. The maximum absolute atomic E-state index is 14.0. The number of rotatable bonds is 18. The van der Waals surface area contributed by atoms with E-state index in [0.29, 0.717) is 36.1 Å². The lowest BCUT2D eigenvalue weighted by atomic mass is 10.0. The molecule has 5 nitrogen and oxygen atoms in total. The number of amides is 1. The van der Waals surface area contributed by atoms with Gasteiger partial charge in [0.05, 0.1) is 22.6 Å². The van der Waals surface area contributed by atoms with Crippen molar-refractivity contribution in [2.75, 3.05) is 6.54 Å². The van der Waals surface area contributed by atoms with Crippen molar-refractivity contribution in [2.24, 2.45) is 0 Å². The summed E-state index contributed by atoms with van der Waals surface area (Å²) in [6.45, 7) is 11.2. The van der Waals surface area contributed by atoms with Crippen LogP contribution in [0.4, 0.5) is 0 Å². The number of para-hydroxylation sites is 1. The van der Waals surface area contributed by atoms with Gasteiger partial charge in [-0.2, -0.15) is 0 Å². The van der Waals surface area contributed by atoms with Crippen LogP contribution in [0.5, 0.6) is 0 Å². The van der Waals surface area contributed by atoms with E-state index < -0.39 is 0 Å². The van der Waals surface area contributed by atoms with Crippen LogP contribution in [0.15, 0.2) is 47.3 Å². The molecule has 3 rings (SSSR count). The Hall–Kier alpha value is -2.95. The summed E-state index contributed by atoms with van der Waals surface area (Å²) in [5.74, 6) is 0.827. The van der Waals surface area contributed by atoms with E-state index >= 15 is 0 Å². The van der Waals surface area contributed by atoms with Crippen LogP contribution in [0, 0.1) is 13.8 Å².